The maximum absolute atomic E-state index is 4.13. The Morgan fingerprint density at radius 1 is 0.586 bits per heavy atom. The zero-order valence-electron chi connectivity index (χ0n) is 16.8. The highest BCUT2D eigenvalue weighted by Crippen LogP contribution is 2.35. The second-order valence-corrected chi connectivity index (χ2v) is 7.09. The van der Waals surface area contributed by atoms with Crippen molar-refractivity contribution in [3.8, 4) is 11.1 Å². The molecule has 0 aliphatic heterocycles. The first-order chi connectivity index (χ1) is 14.3. The van der Waals surface area contributed by atoms with Crippen LogP contribution in [-0.4, -0.2) is 0 Å². The van der Waals surface area contributed by atoms with E-state index in [-0.39, 0.29) is 0 Å². The fraction of sp³-hybridized carbons (Fsp3) is 0.0714. The molecule has 0 aromatic heterocycles. The van der Waals surface area contributed by atoms with Crippen LogP contribution in [0.2, 0.25) is 0 Å². The van der Waals surface area contributed by atoms with Gasteiger partial charge in [-0.1, -0.05) is 86.3 Å². The molecule has 0 bridgehead atoms. The number of allylic oxidation sites excluding steroid dienone is 1. The van der Waals surface area contributed by atoms with Gasteiger partial charge in [0.2, 0.25) is 0 Å². The predicted octanol–water partition coefficient (Wildman–Crippen LogP) is 8.25. The van der Waals surface area contributed by atoms with Gasteiger partial charge in [-0.3, -0.25) is 0 Å². The van der Waals surface area contributed by atoms with E-state index in [1.54, 1.807) is 0 Å². The lowest BCUT2D eigenvalue weighted by atomic mass is 10.00. The highest BCUT2D eigenvalue weighted by Gasteiger charge is 2.11. The first kappa shape index (κ1) is 18.8. The summed E-state index contributed by atoms with van der Waals surface area (Å²) in [6, 6.07) is 38.4. The molecule has 0 saturated heterocycles. The van der Waals surface area contributed by atoms with Gasteiger partial charge in [0.05, 0.1) is 0 Å². The molecular formula is C28H25N. The molecule has 1 nitrogen and oxygen atoms in total. The first-order valence-corrected chi connectivity index (χ1v) is 10.0. The van der Waals surface area contributed by atoms with Crippen molar-refractivity contribution >= 4 is 22.6 Å². The summed E-state index contributed by atoms with van der Waals surface area (Å²) >= 11 is 0. The van der Waals surface area contributed by atoms with Crippen LogP contribution in [0.1, 0.15) is 18.9 Å². The Kier molecular flexibility index (Phi) is 5.58. The third-order valence-electron chi connectivity index (χ3n) is 5.21. The van der Waals surface area contributed by atoms with Gasteiger partial charge in [0.1, 0.15) is 0 Å². The summed E-state index contributed by atoms with van der Waals surface area (Å²) in [5.41, 5.74) is 8.25. The third kappa shape index (κ3) is 4.14. The largest absolute Gasteiger partial charge is 0.311 e. The van der Waals surface area contributed by atoms with Gasteiger partial charge < -0.3 is 4.90 Å². The number of anilines is 3. The van der Waals surface area contributed by atoms with E-state index in [4.69, 9.17) is 0 Å². The minimum atomic E-state index is 0.975. The van der Waals surface area contributed by atoms with Crippen LogP contribution in [0.5, 0.6) is 0 Å². The molecule has 0 aliphatic rings. The van der Waals surface area contributed by atoms with Crippen molar-refractivity contribution in [1.29, 1.82) is 0 Å². The van der Waals surface area contributed by atoms with Crippen molar-refractivity contribution in [3.63, 3.8) is 0 Å². The average Bonchev–Trinajstić information content (AvgIpc) is 2.81. The fourth-order valence-corrected chi connectivity index (χ4v) is 3.51. The zero-order chi connectivity index (χ0) is 20.1. The zero-order valence-corrected chi connectivity index (χ0v) is 16.8. The normalized spacial score (nSPS) is 10.5. The lowest BCUT2D eigenvalue weighted by Crippen LogP contribution is -2.09. The van der Waals surface area contributed by atoms with Crippen LogP contribution < -0.4 is 4.90 Å². The second-order valence-electron chi connectivity index (χ2n) is 7.09. The fourth-order valence-electron chi connectivity index (χ4n) is 3.51. The Morgan fingerprint density at radius 2 is 1.00 bits per heavy atom. The molecule has 0 saturated carbocycles. The van der Waals surface area contributed by atoms with Crippen LogP contribution in [0.25, 0.3) is 16.7 Å². The van der Waals surface area contributed by atoms with Crippen LogP contribution in [-0.2, 0) is 0 Å². The monoisotopic (exact) mass is 375 g/mol. The van der Waals surface area contributed by atoms with Gasteiger partial charge >= 0.3 is 0 Å². The van der Waals surface area contributed by atoms with Crippen LogP contribution in [0.15, 0.2) is 116 Å². The first-order valence-electron chi connectivity index (χ1n) is 10.0. The molecule has 0 atom stereocenters. The molecule has 4 aromatic carbocycles. The van der Waals surface area contributed by atoms with Gasteiger partial charge in [-0.15, -0.1) is 0 Å². The quantitative estimate of drug-likeness (QED) is 0.328. The van der Waals surface area contributed by atoms with Gasteiger partial charge in [0.25, 0.3) is 0 Å². The van der Waals surface area contributed by atoms with Crippen LogP contribution >= 0.6 is 0 Å². The number of benzene rings is 4. The lowest BCUT2D eigenvalue weighted by molar-refractivity contribution is 1.24. The molecule has 0 aliphatic carbocycles. The smallest absolute Gasteiger partial charge is 0.0462 e. The van der Waals surface area contributed by atoms with Crippen molar-refractivity contribution in [2.75, 3.05) is 4.90 Å². The van der Waals surface area contributed by atoms with Crippen LogP contribution in [0.3, 0.4) is 0 Å². The minimum Gasteiger partial charge on any atom is -0.311 e. The van der Waals surface area contributed by atoms with E-state index in [1.807, 2.05) is 12.1 Å². The standard InChI is InChI=1S/C28H25N/c1-3-22(2)23-14-16-24(17-15-23)25-18-20-28(21-19-25)29(26-10-6-4-7-11-26)27-12-8-5-9-13-27/h4-21H,2-3H2,1H3. The Labute approximate surface area is 173 Å². The summed E-state index contributed by atoms with van der Waals surface area (Å²) in [5, 5.41) is 0. The number of nitrogens with zero attached hydrogens (tertiary/aromatic N) is 1. The number of hydrogen-bond acceptors (Lipinski definition) is 1. The summed E-state index contributed by atoms with van der Waals surface area (Å²) < 4.78 is 0. The molecule has 4 aromatic rings. The highest BCUT2D eigenvalue weighted by molar-refractivity contribution is 5.78. The van der Waals surface area contributed by atoms with Crippen molar-refractivity contribution in [2.24, 2.45) is 0 Å². The molecule has 0 spiro atoms. The Hall–Kier alpha value is -3.58. The Morgan fingerprint density at radius 3 is 1.45 bits per heavy atom. The van der Waals surface area contributed by atoms with Crippen molar-refractivity contribution in [2.45, 2.75) is 13.3 Å². The summed E-state index contributed by atoms with van der Waals surface area (Å²) in [7, 11) is 0. The molecule has 0 heterocycles. The second kappa shape index (κ2) is 8.62. The molecular weight excluding hydrogens is 350 g/mol. The Balaban J connectivity index is 1.67. The molecule has 4 rings (SSSR count). The van der Waals surface area contributed by atoms with E-state index >= 15 is 0 Å². The van der Waals surface area contributed by atoms with Crippen molar-refractivity contribution in [1.82, 2.24) is 0 Å². The van der Waals surface area contributed by atoms with Crippen LogP contribution in [0, 0.1) is 0 Å². The van der Waals surface area contributed by atoms with E-state index in [0.717, 1.165) is 23.5 Å². The molecule has 0 unspecified atom stereocenters. The lowest BCUT2D eigenvalue weighted by Gasteiger charge is -2.25. The van der Waals surface area contributed by atoms with Crippen molar-refractivity contribution < 1.29 is 0 Å². The highest BCUT2D eigenvalue weighted by atomic mass is 15.1. The van der Waals surface area contributed by atoms with E-state index < -0.39 is 0 Å². The maximum Gasteiger partial charge on any atom is 0.0462 e. The number of hydrogen-bond donors (Lipinski definition) is 0. The Bertz CT molecular complexity index is 1020. The van der Waals surface area contributed by atoms with E-state index in [9.17, 15) is 0 Å². The van der Waals surface area contributed by atoms with Gasteiger partial charge in [-0.05, 0) is 65.1 Å². The summed E-state index contributed by atoms with van der Waals surface area (Å²) in [5.74, 6) is 0. The van der Waals surface area contributed by atoms with E-state index in [1.165, 1.54) is 22.3 Å². The molecule has 1 heteroatoms. The van der Waals surface area contributed by atoms with Gasteiger partial charge in [-0.2, -0.15) is 0 Å². The van der Waals surface area contributed by atoms with Gasteiger partial charge in [0, 0.05) is 17.1 Å². The molecule has 0 radical (unpaired) electrons. The molecule has 0 N–H and O–H groups in total. The van der Waals surface area contributed by atoms with E-state index in [2.05, 4.69) is 115 Å². The minimum absolute atomic E-state index is 0.975. The summed E-state index contributed by atoms with van der Waals surface area (Å²) in [6.45, 7) is 6.27. The number of rotatable bonds is 6. The number of para-hydroxylation sites is 2. The third-order valence-corrected chi connectivity index (χ3v) is 5.21. The average molecular weight is 376 g/mol. The predicted molar refractivity (Wildman–Crippen MR) is 126 cm³/mol. The molecule has 0 fully saturated rings. The molecule has 0 amide bonds. The van der Waals surface area contributed by atoms with Gasteiger partial charge in [0.15, 0.2) is 0 Å². The molecule has 142 valence electrons. The van der Waals surface area contributed by atoms with Crippen LogP contribution in [0.4, 0.5) is 17.1 Å². The van der Waals surface area contributed by atoms with Gasteiger partial charge in [-0.25, -0.2) is 0 Å². The summed E-state index contributed by atoms with van der Waals surface area (Å²) in [6.07, 6.45) is 0.975. The SMILES string of the molecule is C=C(CC)c1ccc(-c2ccc(N(c3ccccc3)c3ccccc3)cc2)cc1. The summed E-state index contributed by atoms with van der Waals surface area (Å²) in [4.78, 5) is 2.28. The van der Waals surface area contributed by atoms with Crippen molar-refractivity contribution in [3.05, 3.63) is 121 Å². The van der Waals surface area contributed by atoms with E-state index in [0.29, 0.717) is 0 Å². The maximum atomic E-state index is 4.13. The topological polar surface area (TPSA) is 3.24 Å². The molecule has 29 heavy (non-hydrogen) atoms.